The summed E-state index contributed by atoms with van der Waals surface area (Å²) in [5, 5.41) is 24.1. The molecule has 8 nitrogen and oxygen atoms in total. The van der Waals surface area contributed by atoms with Crippen LogP contribution >= 0.6 is 11.6 Å². The van der Waals surface area contributed by atoms with Crippen LogP contribution in [0.2, 0.25) is 5.15 Å². The lowest BCUT2D eigenvalue weighted by molar-refractivity contribution is 0.0572. The third-order valence-electron chi connectivity index (χ3n) is 5.92. The van der Waals surface area contributed by atoms with Gasteiger partial charge in [0.2, 0.25) is 0 Å². The summed E-state index contributed by atoms with van der Waals surface area (Å²) >= 11 is 6.62. The van der Waals surface area contributed by atoms with Crippen molar-refractivity contribution in [1.29, 1.82) is 0 Å². The molecule has 0 radical (unpaired) electrons. The van der Waals surface area contributed by atoms with E-state index in [1.165, 1.54) is 11.0 Å². The maximum atomic E-state index is 15.1. The van der Waals surface area contributed by atoms with Crippen LogP contribution in [0.1, 0.15) is 16.1 Å². The van der Waals surface area contributed by atoms with Gasteiger partial charge >= 0.3 is 0 Å². The molecule has 2 N–H and O–H groups in total. The fourth-order valence-corrected chi connectivity index (χ4v) is 4.56. The minimum absolute atomic E-state index is 0.0503. The molecule has 1 fully saturated rings. The van der Waals surface area contributed by atoms with Gasteiger partial charge in [0.05, 0.1) is 17.9 Å². The summed E-state index contributed by atoms with van der Waals surface area (Å²) in [4.78, 5) is 18.8. The quantitative estimate of drug-likeness (QED) is 0.481. The number of aliphatic hydroxyl groups is 2. The van der Waals surface area contributed by atoms with Crippen LogP contribution in [0.25, 0.3) is 28.0 Å². The van der Waals surface area contributed by atoms with Gasteiger partial charge in [-0.15, -0.1) is 0 Å². The molecular formula is C23H21ClFN5O3. The Labute approximate surface area is 193 Å². The number of benzene rings is 1. The second-order valence-corrected chi connectivity index (χ2v) is 8.56. The van der Waals surface area contributed by atoms with Gasteiger partial charge in [-0.25, -0.2) is 9.37 Å². The molecule has 170 valence electrons. The van der Waals surface area contributed by atoms with Crippen molar-refractivity contribution in [3.05, 3.63) is 65.0 Å². The van der Waals surface area contributed by atoms with Gasteiger partial charge in [0.1, 0.15) is 22.3 Å². The number of pyridine rings is 1. The van der Waals surface area contributed by atoms with Crippen LogP contribution in [-0.4, -0.2) is 65.5 Å². The summed E-state index contributed by atoms with van der Waals surface area (Å²) in [6.45, 7) is 1.95. The molecule has 0 unspecified atom stereocenters. The lowest BCUT2D eigenvalue weighted by Crippen LogP contribution is -2.29. The zero-order valence-electron chi connectivity index (χ0n) is 17.9. The van der Waals surface area contributed by atoms with Gasteiger partial charge in [0.15, 0.2) is 0 Å². The Kier molecular flexibility index (Phi) is 5.19. The van der Waals surface area contributed by atoms with Crippen molar-refractivity contribution in [2.75, 3.05) is 13.1 Å². The van der Waals surface area contributed by atoms with Crippen molar-refractivity contribution < 1.29 is 19.4 Å². The molecule has 1 amide bonds. The molecule has 1 aliphatic heterocycles. The first-order chi connectivity index (χ1) is 15.7. The van der Waals surface area contributed by atoms with Gasteiger partial charge in [-0.2, -0.15) is 5.10 Å². The Balaban J connectivity index is 1.60. The number of fused-ring (bicyclic) bond motifs is 1. The van der Waals surface area contributed by atoms with E-state index in [1.807, 2.05) is 13.1 Å². The number of rotatable bonds is 3. The first kappa shape index (κ1) is 21.6. The van der Waals surface area contributed by atoms with E-state index in [9.17, 15) is 15.0 Å². The molecule has 4 aromatic rings. The highest BCUT2D eigenvalue weighted by Crippen LogP contribution is 2.38. The third kappa shape index (κ3) is 3.58. The van der Waals surface area contributed by atoms with Crippen molar-refractivity contribution >= 4 is 23.2 Å². The average Bonchev–Trinajstić information content (AvgIpc) is 3.41. The summed E-state index contributed by atoms with van der Waals surface area (Å²) in [5.74, 6) is -0.816. The van der Waals surface area contributed by atoms with Crippen LogP contribution in [-0.2, 0) is 7.05 Å². The number of halogens is 2. The van der Waals surface area contributed by atoms with Crippen LogP contribution in [0.4, 0.5) is 4.39 Å². The SMILES string of the molecule is Cc1nn(C)cc1-c1cccc(F)c1-c1nc2cc(C(=O)N3C[C@@H](O)[C@@H](O)C3)ccn2c1Cl. The van der Waals surface area contributed by atoms with Crippen LogP contribution in [0.5, 0.6) is 0 Å². The molecule has 1 saturated heterocycles. The van der Waals surface area contributed by atoms with Gasteiger partial charge in [-0.05, 0) is 30.7 Å². The topological polar surface area (TPSA) is 95.9 Å². The average molecular weight is 470 g/mol. The Hall–Kier alpha value is -3.27. The van der Waals surface area contributed by atoms with Crippen molar-refractivity contribution in [3.8, 4) is 22.4 Å². The van der Waals surface area contributed by atoms with Gasteiger partial charge in [-0.3, -0.25) is 13.9 Å². The highest BCUT2D eigenvalue weighted by Gasteiger charge is 2.33. The molecule has 5 rings (SSSR count). The molecule has 33 heavy (non-hydrogen) atoms. The summed E-state index contributed by atoms with van der Waals surface area (Å²) in [6, 6.07) is 7.91. The number of aryl methyl sites for hydroxylation is 2. The second kappa shape index (κ2) is 7.95. The fourth-order valence-electron chi connectivity index (χ4n) is 4.28. The Morgan fingerprint density at radius 1 is 1.18 bits per heavy atom. The Bertz CT molecular complexity index is 1390. The number of carbonyl (C=O) groups is 1. The van der Waals surface area contributed by atoms with E-state index in [-0.39, 0.29) is 35.4 Å². The highest BCUT2D eigenvalue weighted by molar-refractivity contribution is 6.32. The van der Waals surface area contributed by atoms with Crippen LogP contribution < -0.4 is 0 Å². The molecule has 0 spiro atoms. The molecule has 0 aliphatic carbocycles. The maximum absolute atomic E-state index is 15.1. The molecule has 1 aliphatic rings. The first-order valence-corrected chi connectivity index (χ1v) is 10.7. The predicted octanol–water partition coefficient (Wildman–Crippen LogP) is 2.68. The number of amides is 1. The normalized spacial score (nSPS) is 18.4. The second-order valence-electron chi connectivity index (χ2n) is 8.20. The molecule has 4 heterocycles. The monoisotopic (exact) mass is 469 g/mol. The third-order valence-corrected chi connectivity index (χ3v) is 6.28. The number of likely N-dealkylation sites (tertiary alicyclic amines) is 1. The number of β-amino-alcohol motifs (C(OH)–C–C–N with tert-alkyl or cyclic N) is 2. The lowest BCUT2D eigenvalue weighted by Gasteiger charge is -2.15. The summed E-state index contributed by atoms with van der Waals surface area (Å²) in [7, 11) is 1.80. The van der Waals surface area contributed by atoms with Gasteiger partial charge in [0, 0.05) is 49.2 Å². The number of aromatic nitrogens is 4. The standard InChI is InChI=1S/C23H21ClFN5O3/c1-12-15(9-28(2)27-12)14-4-3-5-16(25)20(14)21-22(24)30-7-6-13(8-19(30)26-21)23(33)29-10-17(31)18(32)11-29/h3-9,17-18,31-32H,10-11H2,1-2H3/t17-,18+. The van der Waals surface area contributed by atoms with E-state index in [1.54, 1.807) is 46.6 Å². The van der Waals surface area contributed by atoms with Crippen molar-refractivity contribution in [2.24, 2.45) is 7.05 Å². The predicted molar refractivity (Wildman–Crippen MR) is 120 cm³/mol. The van der Waals surface area contributed by atoms with Gasteiger partial charge < -0.3 is 15.1 Å². The lowest BCUT2D eigenvalue weighted by atomic mass is 9.98. The van der Waals surface area contributed by atoms with E-state index < -0.39 is 18.0 Å². The van der Waals surface area contributed by atoms with Crippen LogP contribution in [0, 0.1) is 12.7 Å². The minimum atomic E-state index is -0.972. The van der Waals surface area contributed by atoms with Crippen LogP contribution in [0.3, 0.4) is 0 Å². The Morgan fingerprint density at radius 3 is 2.58 bits per heavy atom. The molecule has 10 heteroatoms. The number of imidazole rings is 1. The van der Waals surface area contributed by atoms with Crippen molar-refractivity contribution in [1.82, 2.24) is 24.1 Å². The smallest absolute Gasteiger partial charge is 0.254 e. The van der Waals surface area contributed by atoms with E-state index in [2.05, 4.69) is 10.1 Å². The number of carbonyl (C=O) groups excluding carboxylic acids is 1. The van der Waals surface area contributed by atoms with Crippen molar-refractivity contribution in [2.45, 2.75) is 19.1 Å². The number of hydrogen-bond acceptors (Lipinski definition) is 5. The molecule has 0 saturated carbocycles. The summed E-state index contributed by atoms with van der Waals surface area (Å²) in [5.41, 5.74) is 3.33. The number of nitrogens with zero attached hydrogens (tertiary/aromatic N) is 5. The van der Waals surface area contributed by atoms with Crippen molar-refractivity contribution in [3.63, 3.8) is 0 Å². The number of hydrogen-bond donors (Lipinski definition) is 2. The van der Waals surface area contributed by atoms with E-state index >= 15 is 4.39 Å². The molecule has 3 aromatic heterocycles. The fraction of sp³-hybridized carbons (Fsp3) is 0.261. The van der Waals surface area contributed by atoms with E-state index in [0.717, 1.165) is 11.3 Å². The van der Waals surface area contributed by atoms with E-state index in [0.29, 0.717) is 16.8 Å². The highest BCUT2D eigenvalue weighted by atomic mass is 35.5. The zero-order chi connectivity index (χ0) is 23.4. The molecular weight excluding hydrogens is 449 g/mol. The van der Waals surface area contributed by atoms with Gasteiger partial charge in [0.25, 0.3) is 5.91 Å². The zero-order valence-corrected chi connectivity index (χ0v) is 18.7. The number of aliphatic hydroxyl groups excluding tert-OH is 2. The molecule has 2 atom stereocenters. The molecule has 0 bridgehead atoms. The minimum Gasteiger partial charge on any atom is -0.388 e. The summed E-state index contributed by atoms with van der Waals surface area (Å²) in [6.07, 6.45) is 1.47. The summed E-state index contributed by atoms with van der Waals surface area (Å²) < 4.78 is 18.3. The largest absolute Gasteiger partial charge is 0.388 e. The van der Waals surface area contributed by atoms with E-state index in [4.69, 9.17) is 11.6 Å². The van der Waals surface area contributed by atoms with Crippen LogP contribution in [0.15, 0.2) is 42.7 Å². The molecule has 1 aromatic carbocycles. The first-order valence-electron chi connectivity index (χ1n) is 10.4. The Morgan fingerprint density at radius 2 is 1.91 bits per heavy atom. The maximum Gasteiger partial charge on any atom is 0.254 e. The van der Waals surface area contributed by atoms with Gasteiger partial charge in [-0.1, -0.05) is 23.7 Å².